The molecule has 0 aliphatic rings. The largest absolute Gasteiger partial charge is 0.481 e. The maximum atomic E-state index is 8.88. The van der Waals surface area contributed by atoms with Gasteiger partial charge in [-0.3, -0.25) is 0 Å². The summed E-state index contributed by atoms with van der Waals surface area (Å²) in [5, 5.41) is 12.1. The van der Waals surface area contributed by atoms with Crippen LogP contribution in [0, 0.1) is 0 Å². The van der Waals surface area contributed by atoms with Crippen LogP contribution in [0.15, 0.2) is 12.4 Å². The molecule has 0 saturated heterocycles. The number of aliphatic hydroxyl groups excluding tert-OH is 1. The van der Waals surface area contributed by atoms with Gasteiger partial charge in [0.2, 0.25) is 5.88 Å². The summed E-state index contributed by atoms with van der Waals surface area (Å²) in [7, 11) is 1.56. The molecular weight excluding hydrogens is 194 g/mol. The zero-order valence-electron chi connectivity index (χ0n) is 9.32. The Balaban J connectivity index is 2.71. The highest BCUT2D eigenvalue weighted by molar-refractivity contribution is 5.39. The summed E-state index contributed by atoms with van der Waals surface area (Å²) in [5.41, 5.74) is -0.200. The SMILES string of the molecule is COc1cc(NC(C)(C)CCO)ncn1. The van der Waals surface area contributed by atoms with Gasteiger partial charge >= 0.3 is 0 Å². The fraction of sp³-hybridized carbons (Fsp3) is 0.600. The number of methoxy groups -OCH3 is 1. The second kappa shape index (κ2) is 4.93. The molecule has 1 aromatic rings. The molecule has 0 aromatic carbocycles. The molecule has 0 amide bonds. The standard InChI is InChI=1S/C10H17N3O2/c1-10(2,4-5-14)13-8-6-9(15-3)12-7-11-8/h6-7,14H,4-5H2,1-3H3,(H,11,12,13). The third kappa shape index (κ3) is 3.71. The van der Waals surface area contributed by atoms with E-state index in [0.717, 1.165) is 0 Å². The number of ether oxygens (including phenoxy) is 1. The van der Waals surface area contributed by atoms with E-state index in [9.17, 15) is 0 Å². The second-order valence-electron chi connectivity index (χ2n) is 3.93. The molecule has 5 heteroatoms. The lowest BCUT2D eigenvalue weighted by molar-refractivity contribution is 0.260. The van der Waals surface area contributed by atoms with E-state index in [1.54, 1.807) is 13.2 Å². The Kier molecular flexibility index (Phi) is 3.85. The topological polar surface area (TPSA) is 67.3 Å². The number of nitrogens with zero attached hydrogens (tertiary/aromatic N) is 2. The zero-order chi connectivity index (χ0) is 11.3. The van der Waals surface area contributed by atoms with Gasteiger partial charge in [-0.2, -0.15) is 0 Å². The lowest BCUT2D eigenvalue weighted by atomic mass is 10.0. The number of nitrogens with one attached hydrogen (secondary N) is 1. The van der Waals surface area contributed by atoms with Crippen molar-refractivity contribution < 1.29 is 9.84 Å². The minimum absolute atomic E-state index is 0.141. The predicted octanol–water partition coefficient (Wildman–Crippen LogP) is 1.06. The number of rotatable bonds is 5. The molecule has 0 radical (unpaired) electrons. The minimum atomic E-state index is -0.200. The van der Waals surface area contributed by atoms with E-state index in [4.69, 9.17) is 9.84 Å². The molecule has 0 atom stereocenters. The molecule has 0 aliphatic heterocycles. The summed E-state index contributed by atoms with van der Waals surface area (Å²) in [5.74, 6) is 1.22. The molecule has 0 fully saturated rings. The summed E-state index contributed by atoms with van der Waals surface area (Å²) >= 11 is 0. The average Bonchev–Trinajstić information content (AvgIpc) is 2.17. The Labute approximate surface area is 89.5 Å². The molecule has 1 rings (SSSR count). The maximum Gasteiger partial charge on any atom is 0.218 e. The van der Waals surface area contributed by atoms with Gasteiger partial charge in [-0.1, -0.05) is 0 Å². The van der Waals surface area contributed by atoms with Crippen molar-refractivity contribution in [2.75, 3.05) is 19.0 Å². The molecule has 5 nitrogen and oxygen atoms in total. The fourth-order valence-corrected chi connectivity index (χ4v) is 1.21. The summed E-state index contributed by atoms with van der Waals surface area (Å²) in [6, 6.07) is 1.72. The van der Waals surface area contributed by atoms with Crippen LogP contribution in [0.4, 0.5) is 5.82 Å². The summed E-state index contributed by atoms with van der Waals surface area (Å²) < 4.78 is 4.99. The lowest BCUT2D eigenvalue weighted by Crippen LogP contribution is -2.32. The van der Waals surface area contributed by atoms with E-state index >= 15 is 0 Å². The molecule has 15 heavy (non-hydrogen) atoms. The van der Waals surface area contributed by atoms with Gasteiger partial charge in [0.15, 0.2) is 0 Å². The normalized spacial score (nSPS) is 11.2. The van der Waals surface area contributed by atoms with Gasteiger partial charge in [0.25, 0.3) is 0 Å². The van der Waals surface area contributed by atoms with Crippen LogP contribution in [0.3, 0.4) is 0 Å². The molecule has 0 saturated carbocycles. The molecule has 0 aliphatic carbocycles. The van der Waals surface area contributed by atoms with E-state index in [0.29, 0.717) is 18.1 Å². The van der Waals surface area contributed by atoms with Crippen LogP contribution in [0.5, 0.6) is 5.88 Å². The van der Waals surface area contributed by atoms with Crippen LogP contribution in [-0.2, 0) is 0 Å². The minimum Gasteiger partial charge on any atom is -0.481 e. The quantitative estimate of drug-likeness (QED) is 0.762. The zero-order valence-corrected chi connectivity index (χ0v) is 9.32. The number of hydrogen-bond donors (Lipinski definition) is 2. The van der Waals surface area contributed by atoms with Crippen LogP contribution < -0.4 is 10.1 Å². The van der Waals surface area contributed by atoms with Gasteiger partial charge in [-0.15, -0.1) is 0 Å². The predicted molar refractivity (Wildman–Crippen MR) is 58.0 cm³/mol. The van der Waals surface area contributed by atoms with Crippen molar-refractivity contribution in [3.8, 4) is 5.88 Å². The first kappa shape index (κ1) is 11.7. The third-order valence-corrected chi connectivity index (χ3v) is 2.05. The van der Waals surface area contributed by atoms with Gasteiger partial charge in [0.1, 0.15) is 12.1 Å². The van der Waals surface area contributed by atoms with Crippen LogP contribution in [0.1, 0.15) is 20.3 Å². The first-order chi connectivity index (χ1) is 7.07. The van der Waals surface area contributed by atoms with Crippen LogP contribution >= 0.6 is 0 Å². The van der Waals surface area contributed by atoms with E-state index in [1.807, 2.05) is 13.8 Å². The van der Waals surface area contributed by atoms with E-state index in [2.05, 4.69) is 15.3 Å². The van der Waals surface area contributed by atoms with Crippen molar-refractivity contribution in [3.63, 3.8) is 0 Å². The number of aliphatic hydroxyl groups is 1. The molecule has 1 heterocycles. The number of aromatic nitrogens is 2. The first-order valence-electron chi connectivity index (χ1n) is 4.82. The average molecular weight is 211 g/mol. The highest BCUT2D eigenvalue weighted by Gasteiger charge is 2.17. The van der Waals surface area contributed by atoms with Crippen molar-refractivity contribution >= 4 is 5.82 Å². The Hall–Kier alpha value is -1.36. The van der Waals surface area contributed by atoms with Gasteiger partial charge in [-0.05, 0) is 20.3 Å². The number of hydrogen-bond acceptors (Lipinski definition) is 5. The second-order valence-corrected chi connectivity index (χ2v) is 3.93. The third-order valence-electron chi connectivity index (χ3n) is 2.05. The molecule has 1 aromatic heterocycles. The van der Waals surface area contributed by atoms with Crippen molar-refractivity contribution in [2.45, 2.75) is 25.8 Å². The Morgan fingerprint density at radius 3 is 2.80 bits per heavy atom. The number of anilines is 1. The molecular formula is C10H17N3O2. The van der Waals surface area contributed by atoms with E-state index < -0.39 is 0 Å². The molecule has 0 unspecified atom stereocenters. The summed E-state index contributed by atoms with van der Waals surface area (Å²) in [4.78, 5) is 7.98. The van der Waals surface area contributed by atoms with Gasteiger partial charge in [-0.25, -0.2) is 9.97 Å². The molecule has 0 bridgehead atoms. The highest BCUT2D eigenvalue weighted by Crippen LogP contribution is 2.17. The van der Waals surface area contributed by atoms with Crippen molar-refractivity contribution in [1.82, 2.24) is 9.97 Å². The summed E-state index contributed by atoms with van der Waals surface area (Å²) in [6.07, 6.45) is 2.09. The van der Waals surface area contributed by atoms with Gasteiger partial charge in [0.05, 0.1) is 7.11 Å². The van der Waals surface area contributed by atoms with E-state index in [1.165, 1.54) is 6.33 Å². The molecule has 2 N–H and O–H groups in total. The maximum absolute atomic E-state index is 8.88. The van der Waals surface area contributed by atoms with Crippen molar-refractivity contribution in [3.05, 3.63) is 12.4 Å². The van der Waals surface area contributed by atoms with Crippen LogP contribution in [0.2, 0.25) is 0 Å². The molecule has 84 valence electrons. The fourth-order valence-electron chi connectivity index (χ4n) is 1.21. The summed E-state index contributed by atoms with van der Waals surface area (Å²) in [6.45, 7) is 4.14. The first-order valence-corrected chi connectivity index (χ1v) is 4.82. The van der Waals surface area contributed by atoms with E-state index in [-0.39, 0.29) is 12.1 Å². The Morgan fingerprint density at radius 1 is 1.47 bits per heavy atom. The van der Waals surface area contributed by atoms with Gasteiger partial charge in [0, 0.05) is 18.2 Å². The Bertz CT molecular complexity index is 315. The molecule has 0 spiro atoms. The monoisotopic (exact) mass is 211 g/mol. The highest BCUT2D eigenvalue weighted by atomic mass is 16.5. The lowest BCUT2D eigenvalue weighted by Gasteiger charge is -2.25. The van der Waals surface area contributed by atoms with Crippen LogP contribution in [0.25, 0.3) is 0 Å². The van der Waals surface area contributed by atoms with Crippen LogP contribution in [-0.4, -0.2) is 34.3 Å². The Morgan fingerprint density at radius 2 is 2.20 bits per heavy atom. The smallest absolute Gasteiger partial charge is 0.218 e. The van der Waals surface area contributed by atoms with Crippen molar-refractivity contribution in [2.24, 2.45) is 0 Å². The van der Waals surface area contributed by atoms with Gasteiger partial charge < -0.3 is 15.2 Å². The van der Waals surface area contributed by atoms with Crippen molar-refractivity contribution in [1.29, 1.82) is 0 Å².